The van der Waals surface area contributed by atoms with Gasteiger partial charge in [0.2, 0.25) is 0 Å². The molecule has 0 unspecified atom stereocenters. The Morgan fingerprint density at radius 1 is 0.679 bits per heavy atom. The first-order valence-electron chi connectivity index (χ1n) is 8.99. The lowest BCUT2D eigenvalue weighted by Crippen LogP contribution is -2.23. The standard InChI is InChI=1S/C23H22N2O3/c1-28-21-13-9-18(10-14-21)16-25-23(27)20-11-7-17(8-12-20)15-24-22(26)19-5-3-2-4-6-19/h2-14H,15-16H2,1H3,(H,24,26)(H,25,27). The number of carbonyl (C=O) groups excluding carboxylic acids is 2. The maximum atomic E-state index is 12.3. The predicted octanol–water partition coefficient (Wildman–Crippen LogP) is 3.56. The van der Waals surface area contributed by atoms with E-state index >= 15 is 0 Å². The minimum absolute atomic E-state index is 0.123. The highest BCUT2D eigenvalue weighted by molar-refractivity contribution is 5.94. The molecule has 3 rings (SSSR count). The highest BCUT2D eigenvalue weighted by Gasteiger charge is 2.07. The molecular formula is C23H22N2O3. The van der Waals surface area contributed by atoms with Gasteiger partial charge in [0.05, 0.1) is 7.11 Å². The van der Waals surface area contributed by atoms with Crippen molar-refractivity contribution >= 4 is 11.8 Å². The molecule has 0 heterocycles. The molecule has 28 heavy (non-hydrogen) atoms. The fourth-order valence-electron chi connectivity index (χ4n) is 2.68. The Balaban J connectivity index is 1.50. The van der Waals surface area contributed by atoms with E-state index in [0.29, 0.717) is 24.2 Å². The zero-order valence-electron chi connectivity index (χ0n) is 15.6. The van der Waals surface area contributed by atoms with Crippen LogP contribution in [0.15, 0.2) is 78.9 Å². The molecule has 2 N–H and O–H groups in total. The van der Waals surface area contributed by atoms with E-state index in [2.05, 4.69) is 10.6 Å². The van der Waals surface area contributed by atoms with Crippen LogP contribution in [0.3, 0.4) is 0 Å². The normalized spacial score (nSPS) is 10.2. The average molecular weight is 374 g/mol. The lowest BCUT2D eigenvalue weighted by molar-refractivity contribution is 0.0941. The van der Waals surface area contributed by atoms with Crippen molar-refractivity contribution in [3.63, 3.8) is 0 Å². The number of carbonyl (C=O) groups is 2. The van der Waals surface area contributed by atoms with E-state index in [0.717, 1.165) is 16.9 Å². The van der Waals surface area contributed by atoms with Gasteiger partial charge < -0.3 is 15.4 Å². The predicted molar refractivity (Wildman–Crippen MR) is 108 cm³/mol. The van der Waals surface area contributed by atoms with Crippen LogP contribution in [0.5, 0.6) is 5.75 Å². The number of ether oxygens (including phenoxy) is 1. The SMILES string of the molecule is COc1ccc(CNC(=O)c2ccc(CNC(=O)c3ccccc3)cc2)cc1. The molecule has 0 spiro atoms. The number of rotatable bonds is 7. The quantitative estimate of drug-likeness (QED) is 0.665. The first-order valence-corrected chi connectivity index (χ1v) is 8.99. The van der Waals surface area contributed by atoms with Crippen molar-refractivity contribution in [2.24, 2.45) is 0 Å². The minimum atomic E-state index is -0.143. The van der Waals surface area contributed by atoms with Crippen LogP contribution < -0.4 is 15.4 Å². The third-order valence-electron chi connectivity index (χ3n) is 4.32. The van der Waals surface area contributed by atoms with E-state index in [1.807, 2.05) is 54.6 Å². The summed E-state index contributed by atoms with van der Waals surface area (Å²) in [5.41, 5.74) is 3.12. The summed E-state index contributed by atoms with van der Waals surface area (Å²) in [5, 5.41) is 5.76. The van der Waals surface area contributed by atoms with Gasteiger partial charge in [-0.15, -0.1) is 0 Å². The summed E-state index contributed by atoms with van der Waals surface area (Å²) in [5.74, 6) is 0.516. The van der Waals surface area contributed by atoms with Crippen LogP contribution in [0, 0.1) is 0 Å². The first-order chi connectivity index (χ1) is 13.7. The van der Waals surface area contributed by atoms with Crippen molar-refractivity contribution in [3.05, 3.63) is 101 Å². The van der Waals surface area contributed by atoms with Gasteiger partial charge in [-0.3, -0.25) is 9.59 Å². The Bertz CT molecular complexity index is 920. The Kier molecular flexibility index (Phi) is 6.41. The average Bonchev–Trinajstić information content (AvgIpc) is 2.77. The molecule has 0 atom stereocenters. The summed E-state index contributed by atoms with van der Waals surface area (Å²) >= 11 is 0. The van der Waals surface area contributed by atoms with Crippen LogP contribution in [-0.4, -0.2) is 18.9 Å². The van der Waals surface area contributed by atoms with E-state index in [1.54, 1.807) is 31.4 Å². The summed E-state index contributed by atoms with van der Waals surface area (Å²) in [6.07, 6.45) is 0. The minimum Gasteiger partial charge on any atom is -0.497 e. The second-order valence-electron chi connectivity index (χ2n) is 6.28. The number of amides is 2. The second-order valence-corrected chi connectivity index (χ2v) is 6.28. The molecular weight excluding hydrogens is 352 g/mol. The van der Waals surface area contributed by atoms with Crippen LogP contribution in [0.2, 0.25) is 0 Å². The number of hydrogen-bond donors (Lipinski definition) is 2. The van der Waals surface area contributed by atoms with Gasteiger partial charge in [0.15, 0.2) is 0 Å². The van der Waals surface area contributed by atoms with Crippen molar-refractivity contribution in [3.8, 4) is 5.75 Å². The fourth-order valence-corrected chi connectivity index (χ4v) is 2.68. The largest absolute Gasteiger partial charge is 0.497 e. The third kappa shape index (κ3) is 5.20. The van der Waals surface area contributed by atoms with Crippen LogP contribution >= 0.6 is 0 Å². The molecule has 0 saturated heterocycles. The molecule has 0 bridgehead atoms. The van der Waals surface area contributed by atoms with E-state index in [-0.39, 0.29) is 11.8 Å². The maximum absolute atomic E-state index is 12.3. The Labute approximate surface area is 164 Å². The van der Waals surface area contributed by atoms with Crippen molar-refractivity contribution in [2.75, 3.05) is 7.11 Å². The molecule has 2 amide bonds. The number of benzene rings is 3. The highest BCUT2D eigenvalue weighted by atomic mass is 16.5. The second kappa shape index (κ2) is 9.37. The number of hydrogen-bond acceptors (Lipinski definition) is 3. The van der Waals surface area contributed by atoms with E-state index in [9.17, 15) is 9.59 Å². The van der Waals surface area contributed by atoms with Crippen molar-refractivity contribution in [2.45, 2.75) is 13.1 Å². The molecule has 3 aromatic carbocycles. The summed E-state index contributed by atoms with van der Waals surface area (Å²) in [7, 11) is 1.62. The Morgan fingerprint density at radius 3 is 1.64 bits per heavy atom. The molecule has 5 nitrogen and oxygen atoms in total. The van der Waals surface area contributed by atoms with Crippen molar-refractivity contribution < 1.29 is 14.3 Å². The van der Waals surface area contributed by atoms with Gasteiger partial charge in [0.1, 0.15) is 5.75 Å². The summed E-state index contributed by atoms with van der Waals surface area (Å²) in [6.45, 7) is 0.846. The lowest BCUT2D eigenvalue weighted by Gasteiger charge is -2.08. The van der Waals surface area contributed by atoms with E-state index < -0.39 is 0 Å². The van der Waals surface area contributed by atoms with Gasteiger partial charge in [-0.25, -0.2) is 0 Å². The number of nitrogens with one attached hydrogen (secondary N) is 2. The molecule has 3 aromatic rings. The van der Waals surface area contributed by atoms with Crippen LogP contribution in [0.4, 0.5) is 0 Å². The molecule has 0 aromatic heterocycles. The molecule has 0 fully saturated rings. The zero-order valence-corrected chi connectivity index (χ0v) is 15.6. The van der Waals surface area contributed by atoms with Gasteiger partial charge in [-0.1, -0.05) is 42.5 Å². The molecule has 0 aliphatic carbocycles. The van der Waals surface area contributed by atoms with Gasteiger partial charge in [-0.2, -0.15) is 0 Å². The van der Waals surface area contributed by atoms with Gasteiger partial charge in [-0.05, 0) is 47.5 Å². The van der Waals surface area contributed by atoms with E-state index in [1.165, 1.54) is 0 Å². The summed E-state index contributed by atoms with van der Waals surface area (Å²) in [4.78, 5) is 24.4. The zero-order chi connectivity index (χ0) is 19.8. The number of methoxy groups -OCH3 is 1. The molecule has 5 heteroatoms. The van der Waals surface area contributed by atoms with Gasteiger partial charge in [0, 0.05) is 24.2 Å². The van der Waals surface area contributed by atoms with Gasteiger partial charge >= 0.3 is 0 Å². The van der Waals surface area contributed by atoms with E-state index in [4.69, 9.17) is 4.74 Å². The smallest absolute Gasteiger partial charge is 0.251 e. The van der Waals surface area contributed by atoms with Crippen molar-refractivity contribution in [1.29, 1.82) is 0 Å². The summed E-state index contributed by atoms with van der Waals surface area (Å²) in [6, 6.07) is 23.8. The topological polar surface area (TPSA) is 67.4 Å². The monoisotopic (exact) mass is 374 g/mol. The van der Waals surface area contributed by atoms with Crippen LogP contribution in [0.25, 0.3) is 0 Å². The van der Waals surface area contributed by atoms with Crippen LogP contribution in [0.1, 0.15) is 31.8 Å². The fraction of sp³-hybridized carbons (Fsp3) is 0.130. The molecule has 0 aliphatic rings. The van der Waals surface area contributed by atoms with Gasteiger partial charge in [0.25, 0.3) is 11.8 Å². The summed E-state index contributed by atoms with van der Waals surface area (Å²) < 4.78 is 5.12. The first kappa shape index (κ1) is 19.2. The van der Waals surface area contributed by atoms with Crippen molar-refractivity contribution in [1.82, 2.24) is 10.6 Å². The molecule has 0 saturated carbocycles. The lowest BCUT2D eigenvalue weighted by atomic mass is 10.1. The van der Waals surface area contributed by atoms with Crippen LogP contribution in [-0.2, 0) is 13.1 Å². The third-order valence-corrected chi connectivity index (χ3v) is 4.32. The Hall–Kier alpha value is -3.60. The maximum Gasteiger partial charge on any atom is 0.251 e. The molecule has 0 aliphatic heterocycles. The molecule has 0 radical (unpaired) electrons. The molecule has 142 valence electrons. The highest BCUT2D eigenvalue weighted by Crippen LogP contribution is 2.11. The Morgan fingerprint density at radius 2 is 1.14 bits per heavy atom.